The number of nitrogens with zero attached hydrogens (tertiary/aromatic N) is 2. The molecule has 0 aliphatic carbocycles. The average Bonchev–Trinajstić information content (AvgIpc) is 2.60. The summed E-state index contributed by atoms with van der Waals surface area (Å²) in [6.07, 6.45) is 4.44. The number of carbonyl (C=O) groups excluding carboxylic acids is 2. The second-order valence-corrected chi connectivity index (χ2v) is 2.93. The zero-order valence-electron chi connectivity index (χ0n) is 8.71. The lowest BCUT2D eigenvalue weighted by Crippen LogP contribution is -2.28. The van der Waals surface area contributed by atoms with E-state index in [2.05, 4.69) is 9.94 Å². The molecule has 0 radical (unpaired) electrons. The van der Waals surface area contributed by atoms with Crippen molar-refractivity contribution in [2.75, 3.05) is 6.61 Å². The summed E-state index contributed by atoms with van der Waals surface area (Å²) >= 11 is 0. The van der Waals surface area contributed by atoms with E-state index >= 15 is 0 Å². The molecule has 0 saturated carbocycles. The minimum absolute atomic E-state index is 0.356. The topological polar surface area (TPSA) is 99.2 Å². The fourth-order valence-electron chi connectivity index (χ4n) is 0.921. The molecule has 0 bridgehead atoms. The molecule has 1 heterocycles. The summed E-state index contributed by atoms with van der Waals surface area (Å²) in [4.78, 5) is 25.9. The number of aromatic nitrogens is 2. The largest absolute Gasteiger partial charge is 0.368 e. The Hall–Kier alpha value is -2.15. The Balaban J connectivity index is 2.37. The van der Waals surface area contributed by atoms with Crippen molar-refractivity contribution in [1.29, 1.82) is 0 Å². The van der Waals surface area contributed by atoms with Crippen molar-refractivity contribution >= 4 is 17.9 Å². The maximum atomic E-state index is 11.1. The summed E-state index contributed by atoms with van der Waals surface area (Å²) in [5.41, 5.74) is 7.61. The number of hydrogen-bond donors (Lipinski definition) is 2. The van der Waals surface area contributed by atoms with E-state index in [-0.39, 0.29) is 6.61 Å². The van der Waals surface area contributed by atoms with Crippen molar-refractivity contribution < 1.29 is 14.4 Å². The number of carbonyl (C=O) groups is 2. The van der Waals surface area contributed by atoms with Crippen LogP contribution in [-0.4, -0.2) is 28.2 Å². The monoisotopic (exact) mass is 224 g/mol. The predicted molar refractivity (Wildman–Crippen MR) is 55.5 cm³/mol. The van der Waals surface area contributed by atoms with Crippen molar-refractivity contribution in [3.8, 4) is 0 Å². The molecule has 1 aromatic heterocycles. The number of nitrogens with two attached hydrogens (primary N) is 1. The van der Waals surface area contributed by atoms with Gasteiger partial charge in [-0.1, -0.05) is 0 Å². The van der Waals surface area contributed by atoms with E-state index in [9.17, 15) is 9.59 Å². The first-order valence-corrected chi connectivity index (χ1v) is 4.45. The molecule has 16 heavy (non-hydrogen) atoms. The number of rotatable bonds is 5. The molecule has 0 saturated heterocycles. The van der Waals surface area contributed by atoms with Gasteiger partial charge in [0.2, 0.25) is 5.91 Å². The van der Waals surface area contributed by atoms with Gasteiger partial charge in [-0.05, 0) is 12.1 Å². The maximum Gasteiger partial charge on any atom is 0.267 e. The standard InChI is InChI=1S/C9H12N4O3/c1-13-7(4-5-11-13)2-3-9(15)12-16-6-8(10)14/h2-5H,6H2,1H3,(H2,10,14)(H,12,15)/b3-2+. The molecule has 2 amide bonds. The van der Waals surface area contributed by atoms with Crippen molar-refractivity contribution in [1.82, 2.24) is 15.3 Å². The van der Waals surface area contributed by atoms with Crippen molar-refractivity contribution in [3.63, 3.8) is 0 Å². The lowest BCUT2D eigenvalue weighted by molar-refractivity contribution is -0.134. The summed E-state index contributed by atoms with van der Waals surface area (Å²) in [5, 5.41) is 3.92. The van der Waals surface area contributed by atoms with Gasteiger partial charge in [0.05, 0.1) is 5.69 Å². The van der Waals surface area contributed by atoms with Gasteiger partial charge in [-0.2, -0.15) is 5.10 Å². The van der Waals surface area contributed by atoms with Gasteiger partial charge in [0.1, 0.15) is 0 Å². The van der Waals surface area contributed by atoms with Gasteiger partial charge in [0, 0.05) is 19.3 Å². The molecule has 0 fully saturated rings. The highest BCUT2D eigenvalue weighted by atomic mass is 16.7. The molecule has 0 atom stereocenters. The predicted octanol–water partition coefficient (Wildman–Crippen LogP) is -1.03. The number of primary amides is 1. The molecule has 86 valence electrons. The minimum Gasteiger partial charge on any atom is -0.368 e. The van der Waals surface area contributed by atoms with Gasteiger partial charge < -0.3 is 5.73 Å². The highest BCUT2D eigenvalue weighted by molar-refractivity contribution is 5.90. The quantitative estimate of drug-likeness (QED) is 0.493. The van der Waals surface area contributed by atoms with Crippen LogP contribution in [0.25, 0.3) is 6.08 Å². The van der Waals surface area contributed by atoms with Crippen LogP contribution >= 0.6 is 0 Å². The lowest BCUT2D eigenvalue weighted by Gasteiger charge is -1.99. The zero-order chi connectivity index (χ0) is 12.0. The molecule has 1 aromatic rings. The average molecular weight is 224 g/mol. The van der Waals surface area contributed by atoms with Crippen LogP contribution in [0, 0.1) is 0 Å². The van der Waals surface area contributed by atoms with Crippen LogP contribution in [0.3, 0.4) is 0 Å². The lowest BCUT2D eigenvalue weighted by atomic mass is 10.4. The molecular weight excluding hydrogens is 212 g/mol. The first kappa shape index (κ1) is 11.9. The fourth-order valence-corrected chi connectivity index (χ4v) is 0.921. The van der Waals surface area contributed by atoms with Gasteiger partial charge in [-0.3, -0.25) is 19.1 Å². The minimum atomic E-state index is -0.657. The molecule has 0 spiro atoms. The van der Waals surface area contributed by atoms with Gasteiger partial charge in [-0.15, -0.1) is 0 Å². The van der Waals surface area contributed by atoms with Crippen LogP contribution in [0.1, 0.15) is 5.69 Å². The van der Waals surface area contributed by atoms with E-state index < -0.39 is 11.8 Å². The van der Waals surface area contributed by atoms with E-state index in [0.29, 0.717) is 0 Å². The molecule has 1 rings (SSSR count). The second-order valence-electron chi connectivity index (χ2n) is 2.93. The highest BCUT2D eigenvalue weighted by Crippen LogP contribution is 1.98. The summed E-state index contributed by atoms with van der Waals surface area (Å²) < 4.78 is 1.61. The van der Waals surface area contributed by atoms with E-state index in [0.717, 1.165) is 5.69 Å². The summed E-state index contributed by atoms with van der Waals surface area (Å²) in [6.45, 7) is -0.356. The van der Waals surface area contributed by atoms with Crippen LogP contribution in [0.5, 0.6) is 0 Å². The summed E-state index contributed by atoms with van der Waals surface area (Å²) in [5.74, 6) is -1.14. The van der Waals surface area contributed by atoms with Crippen LogP contribution in [-0.2, 0) is 21.5 Å². The van der Waals surface area contributed by atoms with E-state index in [4.69, 9.17) is 5.73 Å². The van der Waals surface area contributed by atoms with E-state index in [1.807, 2.05) is 5.48 Å². The SMILES string of the molecule is Cn1nccc1/C=C/C(=O)NOCC(N)=O. The third kappa shape index (κ3) is 3.93. The van der Waals surface area contributed by atoms with E-state index in [1.54, 1.807) is 30.1 Å². The molecule has 0 unspecified atom stereocenters. The summed E-state index contributed by atoms with van der Waals surface area (Å²) in [7, 11) is 1.75. The van der Waals surface area contributed by atoms with Gasteiger partial charge in [-0.25, -0.2) is 5.48 Å². The van der Waals surface area contributed by atoms with Crippen LogP contribution in [0.4, 0.5) is 0 Å². The Morgan fingerprint density at radius 3 is 3.00 bits per heavy atom. The van der Waals surface area contributed by atoms with Crippen molar-refractivity contribution in [2.45, 2.75) is 0 Å². The Bertz CT molecular complexity index is 411. The Kier molecular flexibility index (Phi) is 4.22. The third-order valence-electron chi connectivity index (χ3n) is 1.65. The smallest absolute Gasteiger partial charge is 0.267 e. The van der Waals surface area contributed by atoms with Crippen LogP contribution in [0.2, 0.25) is 0 Å². The van der Waals surface area contributed by atoms with Crippen LogP contribution in [0.15, 0.2) is 18.3 Å². The number of hydrogen-bond acceptors (Lipinski definition) is 4. The van der Waals surface area contributed by atoms with Crippen LogP contribution < -0.4 is 11.2 Å². The van der Waals surface area contributed by atoms with Gasteiger partial charge in [0.25, 0.3) is 5.91 Å². The highest BCUT2D eigenvalue weighted by Gasteiger charge is 1.98. The van der Waals surface area contributed by atoms with Gasteiger partial charge >= 0.3 is 0 Å². The molecular formula is C9H12N4O3. The van der Waals surface area contributed by atoms with Gasteiger partial charge in [0.15, 0.2) is 6.61 Å². The maximum absolute atomic E-state index is 11.1. The Labute approximate surface area is 91.8 Å². The first-order chi connectivity index (χ1) is 7.59. The Morgan fingerprint density at radius 1 is 1.69 bits per heavy atom. The van der Waals surface area contributed by atoms with E-state index in [1.165, 1.54) is 6.08 Å². The number of amides is 2. The second kappa shape index (κ2) is 5.66. The van der Waals surface area contributed by atoms with Crippen molar-refractivity contribution in [2.24, 2.45) is 12.8 Å². The normalized spacial score (nSPS) is 10.6. The first-order valence-electron chi connectivity index (χ1n) is 4.45. The van der Waals surface area contributed by atoms with Crippen molar-refractivity contribution in [3.05, 3.63) is 24.0 Å². The number of nitrogens with one attached hydrogen (secondary N) is 1. The number of aryl methyl sites for hydroxylation is 1. The third-order valence-corrected chi connectivity index (χ3v) is 1.65. The molecule has 7 nitrogen and oxygen atoms in total. The molecule has 0 aliphatic rings. The summed E-state index contributed by atoms with van der Waals surface area (Å²) in [6, 6.07) is 1.74. The fraction of sp³-hybridized carbons (Fsp3) is 0.222. The molecule has 7 heteroatoms. The molecule has 0 aliphatic heterocycles. The zero-order valence-corrected chi connectivity index (χ0v) is 8.71. The Morgan fingerprint density at radius 2 is 2.44 bits per heavy atom. The number of hydroxylamine groups is 1. The molecule has 3 N–H and O–H groups in total. The molecule has 0 aromatic carbocycles.